The largest absolute Gasteiger partial charge is 0.469 e. The van der Waals surface area contributed by atoms with Crippen LogP contribution in [0.15, 0.2) is 0 Å². The van der Waals surface area contributed by atoms with Gasteiger partial charge in [0.05, 0.1) is 45.3 Å². The highest BCUT2D eigenvalue weighted by atomic mass is 32.2. The van der Waals surface area contributed by atoms with E-state index in [4.69, 9.17) is 14.2 Å². The molecule has 1 aromatic heterocycles. The number of nitrogens with zero attached hydrogens (tertiary/aromatic N) is 2. The van der Waals surface area contributed by atoms with Gasteiger partial charge in [-0.2, -0.15) is 5.10 Å². The van der Waals surface area contributed by atoms with E-state index in [0.717, 1.165) is 7.11 Å². The number of ether oxygens (including phenoxy) is 4. The van der Waals surface area contributed by atoms with E-state index in [9.17, 15) is 19.2 Å². The third kappa shape index (κ3) is 2.37. The van der Waals surface area contributed by atoms with Crippen molar-refractivity contribution in [2.45, 2.75) is 10.6 Å². The minimum Gasteiger partial charge on any atom is -0.469 e. The van der Waals surface area contributed by atoms with E-state index in [1.165, 1.54) is 37.8 Å². The first-order chi connectivity index (χ1) is 12.4. The van der Waals surface area contributed by atoms with Crippen LogP contribution in [0, 0.1) is 11.8 Å². The summed E-state index contributed by atoms with van der Waals surface area (Å²) in [6.07, 6.45) is 0. The van der Waals surface area contributed by atoms with Crippen molar-refractivity contribution < 1.29 is 38.1 Å². The minimum atomic E-state index is -0.874. The number of carbonyl (C=O) groups is 4. The molecule has 0 amide bonds. The Morgan fingerprint density at radius 3 is 2.00 bits per heavy atom. The summed E-state index contributed by atoms with van der Waals surface area (Å²) in [5.41, 5.74) is 0.0400. The first kappa shape index (κ1) is 18.2. The van der Waals surface area contributed by atoms with Crippen LogP contribution in [0.4, 0.5) is 0 Å². The Balaban J connectivity index is 2.19. The fourth-order valence-electron chi connectivity index (χ4n) is 3.39. The maximum absolute atomic E-state index is 12.3. The minimum absolute atomic E-state index is 0.0726. The number of carbonyl (C=O) groups excluding carboxylic acids is 4. The second-order valence-corrected chi connectivity index (χ2v) is 6.84. The Kier molecular flexibility index (Phi) is 4.65. The van der Waals surface area contributed by atoms with Gasteiger partial charge in [0, 0.05) is 0 Å². The van der Waals surface area contributed by atoms with Crippen LogP contribution in [0.2, 0.25) is 0 Å². The predicted octanol–water partition coefficient (Wildman–Crippen LogP) is 0.335. The second-order valence-electron chi connectivity index (χ2n) is 5.58. The van der Waals surface area contributed by atoms with Gasteiger partial charge >= 0.3 is 23.9 Å². The van der Waals surface area contributed by atoms with Gasteiger partial charge < -0.3 is 18.9 Å². The molecule has 0 aliphatic carbocycles. The number of fused-ring (bicyclic) bond motifs is 5. The third-order valence-corrected chi connectivity index (χ3v) is 6.06. The topological polar surface area (TPSA) is 123 Å². The van der Waals surface area contributed by atoms with Gasteiger partial charge in [-0.25, -0.2) is 9.59 Å². The van der Waals surface area contributed by atoms with E-state index in [1.807, 2.05) is 0 Å². The second kappa shape index (κ2) is 6.63. The average Bonchev–Trinajstić information content (AvgIpc) is 3.33. The fraction of sp³-hybridized carbons (Fsp3) is 0.533. The van der Waals surface area contributed by atoms with Crippen molar-refractivity contribution in [1.29, 1.82) is 0 Å². The lowest BCUT2D eigenvalue weighted by atomic mass is 9.84. The van der Waals surface area contributed by atoms with Crippen molar-refractivity contribution >= 4 is 35.6 Å². The highest BCUT2D eigenvalue weighted by Gasteiger charge is 2.61. The summed E-state index contributed by atoms with van der Waals surface area (Å²) < 4.78 is 20.5. The molecule has 0 spiro atoms. The molecule has 1 saturated heterocycles. The Morgan fingerprint density at radius 2 is 1.46 bits per heavy atom. The molecule has 2 aliphatic heterocycles. The zero-order valence-corrected chi connectivity index (χ0v) is 15.2. The molecule has 26 heavy (non-hydrogen) atoms. The van der Waals surface area contributed by atoms with Gasteiger partial charge in [-0.1, -0.05) is 0 Å². The first-order valence-electron chi connectivity index (χ1n) is 7.51. The van der Waals surface area contributed by atoms with Crippen molar-refractivity contribution in [3.63, 3.8) is 0 Å². The summed E-state index contributed by atoms with van der Waals surface area (Å²) in [6.45, 7) is 0. The van der Waals surface area contributed by atoms with E-state index >= 15 is 0 Å². The molecule has 1 fully saturated rings. The molecule has 10 nitrogen and oxygen atoms in total. The average molecular weight is 384 g/mol. The van der Waals surface area contributed by atoms with Crippen LogP contribution >= 0.6 is 11.8 Å². The molecule has 4 atom stereocenters. The van der Waals surface area contributed by atoms with Crippen LogP contribution in [0.3, 0.4) is 0 Å². The van der Waals surface area contributed by atoms with Gasteiger partial charge in [-0.15, -0.1) is 11.8 Å². The van der Waals surface area contributed by atoms with E-state index in [0.29, 0.717) is 5.69 Å². The number of hydrogen-bond donors (Lipinski definition) is 0. The third-order valence-electron chi connectivity index (χ3n) is 4.48. The molecule has 0 unspecified atom stereocenters. The first-order valence-corrected chi connectivity index (χ1v) is 8.45. The van der Waals surface area contributed by atoms with Crippen LogP contribution in [0.25, 0.3) is 0 Å². The molecule has 2 aliphatic rings. The van der Waals surface area contributed by atoms with Crippen LogP contribution in [-0.2, 0) is 28.5 Å². The van der Waals surface area contributed by atoms with Gasteiger partial charge in [0.25, 0.3) is 0 Å². The Hall–Kier alpha value is -2.56. The lowest BCUT2D eigenvalue weighted by Gasteiger charge is -2.26. The molecule has 3 heterocycles. The van der Waals surface area contributed by atoms with E-state index in [-0.39, 0.29) is 11.3 Å². The molecule has 0 radical (unpaired) electrons. The highest BCUT2D eigenvalue weighted by molar-refractivity contribution is 8.00. The quantitative estimate of drug-likeness (QED) is 0.530. The highest BCUT2D eigenvalue weighted by Crippen LogP contribution is 2.64. The predicted molar refractivity (Wildman–Crippen MR) is 85.3 cm³/mol. The number of aromatic nitrogens is 2. The van der Waals surface area contributed by atoms with E-state index in [1.54, 1.807) is 0 Å². The molecule has 2 bridgehead atoms. The molecule has 0 saturated carbocycles. The van der Waals surface area contributed by atoms with Gasteiger partial charge in [-0.3, -0.25) is 14.3 Å². The number of methoxy groups -OCH3 is 4. The maximum atomic E-state index is 12.3. The normalized spacial score (nSPS) is 25.4. The standard InChI is InChI=1S/C15H16N2O8S/c1-22-12(18)5-6(13(19)23-2)11-17-9(10(5)26-11)7(14(20)24-3)8(16-17)15(21)25-4/h5-6,10-11H,1-4H3/t5-,6+,10-,11+/m1/s1. The Bertz CT molecular complexity index is 804. The number of thioether (sulfide) groups is 1. The van der Waals surface area contributed by atoms with Crippen molar-refractivity contribution in [3.8, 4) is 0 Å². The summed E-state index contributed by atoms with van der Waals surface area (Å²) in [7, 11) is 4.76. The van der Waals surface area contributed by atoms with Crippen molar-refractivity contribution in [2.24, 2.45) is 11.8 Å². The summed E-state index contributed by atoms with van der Waals surface area (Å²) in [4.78, 5) is 48.9. The van der Waals surface area contributed by atoms with Crippen molar-refractivity contribution in [1.82, 2.24) is 9.78 Å². The number of esters is 4. The lowest BCUT2D eigenvalue weighted by Crippen LogP contribution is -2.38. The molecule has 0 aromatic carbocycles. The Labute approximate surface area is 152 Å². The molecule has 140 valence electrons. The fourth-order valence-corrected chi connectivity index (χ4v) is 5.22. The SMILES string of the molecule is COC(=O)c1nn2c(c1C(=O)OC)[C@@H]1S[C@H]2[C@@H](C(=O)OC)[C@H]1C(=O)OC. The lowest BCUT2D eigenvalue weighted by molar-refractivity contribution is -0.158. The molecule has 11 heteroatoms. The van der Waals surface area contributed by atoms with E-state index < -0.39 is 46.3 Å². The van der Waals surface area contributed by atoms with Gasteiger partial charge in [0.15, 0.2) is 5.69 Å². The van der Waals surface area contributed by atoms with Crippen LogP contribution in [0.1, 0.15) is 37.2 Å². The maximum Gasteiger partial charge on any atom is 0.359 e. The smallest absolute Gasteiger partial charge is 0.359 e. The summed E-state index contributed by atoms with van der Waals surface area (Å²) >= 11 is 1.28. The number of hydrogen-bond acceptors (Lipinski definition) is 10. The van der Waals surface area contributed by atoms with Crippen LogP contribution < -0.4 is 0 Å². The molecule has 3 rings (SSSR count). The van der Waals surface area contributed by atoms with Crippen molar-refractivity contribution in [3.05, 3.63) is 17.0 Å². The summed E-state index contributed by atoms with van der Waals surface area (Å²) in [5, 5.41) is 2.93. The van der Waals surface area contributed by atoms with Crippen LogP contribution in [-0.4, -0.2) is 62.1 Å². The van der Waals surface area contributed by atoms with E-state index in [2.05, 4.69) is 9.84 Å². The summed E-state index contributed by atoms with van der Waals surface area (Å²) in [6, 6.07) is 0. The van der Waals surface area contributed by atoms with Crippen LogP contribution in [0.5, 0.6) is 0 Å². The zero-order valence-electron chi connectivity index (χ0n) is 14.4. The molecular formula is C15H16N2O8S. The summed E-state index contributed by atoms with van der Waals surface area (Å²) in [5.74, 6) is -4.53. The Morgan fingerprint density at radius 1 is 0.885 bits per heavy atom. The number of rotatable bonds is 4. The molecular weight excluding hydrogens is 368 g/mol. The monoisotopic (exact) mass is 384 g/mol. The zero-order chi connectivity index (χ0) is 19.2. The van der Waals surface area contributed by atoms with Crippen molar-refractivity contribution in [2.75, 3.05) is 28.4 Å². The van der Waals surface area contributed by atoms with Gasteiger partial charge in [0.1, 0.15) is 16.9 Å². The van der Waals surface area contributed by atoms with Gasteiger partial charge in [0.2, 0.25) is 0 Å². The molecule has 1 aromatic rings. The molecule has 0 N–H and O–H groups in total. The van der Waals surface area contributed by atoms with Gasteiger partial charge in [-0.05, 0) is 0 Å².